The van der Waals surface area contributed by atoms with Crippen LogP contribution in [0.1, 0.15) is 40.5 Å². The Hall–Kier alpha value is -3.43. The summed E-state index contributed by atoms with van der Waals surface area (Å²) < 4.78 is 10.2. The fourth-order valence-corrected chi connectivity index (χ4v) is 6.65. The van der Waals surface area contributed by atoms with Crippen molar-refractivity contribution in [3.05, 3.63) is 59.7 Å². The van der Waals surface area contributed by atoms with Gasteiger partial charge in [0.2, 0.25) is 11.8 Å². The Balaban J connectivity index is 1.19. The summed E-state index contributed by atoms with van der Waals surface area (Å²) in [5.74, 6) is -3.80. The fourth-order valence-electron chi connectivity index (χ4n) is 5.75. The van der Waals surface area contributed by atoms with Gasteiger partial charge in [0.05, 0.1) is 46.0 Å². The molecule has 0 spiro atoms. The van der Waals surface area contributed by atoms with Crippen LogP contribution in [0.2, 0.25) is 0 Å². The average molecular weight is 573 g/mol. The van der Waals surface area contributed by atoms with Gasteiger partial charge < -0.3 is 14.8 Å². The second kappa shape index (κ2) is 11.0. The molecule has 1 heterocycles. The van der Waals surface area contributed by atoms with Gasteiger partial charge in [0.1, 0.15) is 0 Å². The number of benzene rings is 2. The number of imide groups is 1. The number of carbonyl (C=O) groups is 5. The first-order chi connectivity index (χ1) is 18.7. The lowest BCUT2D eigenvalue weighted by Gasteiger charge is -2.28. The number of anilines is 2. The van der Waals surface area contributed by atoms with Crippen molar-refractivity contribution in [3.63, 3.8) is 0 Å². The predicted octanol–water partition coefficient (Wildman–Crippen LogP) is 4.02. The van der Waals surface area contributed by atoms with Crippen molar-refractivity contribution in [2.75, 3.05) is 23.4 Å². The monoisotopic (exact) mass is 572 g/mol. The molecule has 2 saturated carbocycles. The number of nitrogens with zero attached hydrogens (tertiary/aromatic N) is 1. The minimum Gasteiger partial charge on any atom is -0.462 e. The summed E-state index contributed by atoms with van der Waals surface area (Å²) in [5.41, 5.74) is 1.10. The van der Waals surface area contributed by atoms with Crippen LogP contribution in [-0.2, 0) is 23.9 Å². The smallest absolute Gasteiger partial charge is 0.338 e. The third kappa shape index (κ3) is 5.01. The molecule has 1 saturated heterocycles. The molecular weight excluding hydrogens is 547 g/mol. The molecule has 11 heteroatoms. The second-order valence-electron chi connectivity index (χ2n) is 9.90. The molecule has 0 aromatic heterocycles. The van der Waals surface area contributed by atoms with Crippen LogP contribution in [0.3, 0.4) is 0 Å². The second-order valence-corrected chi connectivity index (χ2v) is 10.9. The van der Waals surface area contributed by atoms with Crippen molar-refractivity contribution in [3.8, 4) is 0 Å². The number of nitrogens with one attached hydrogen (secondary N) is 1. The Morgan fingerprint density at radius 3 is 2.13 bits per heavy atom. The molecule has 5 rings (SSSR count). The van der Waals surface area contributed by atoms with Gasteiger partial charge in [-0.1, -0.05) is 13.0 Å². The van der Waals surface area contributed by atoms with Crippen molar-refractivity contribution in [1.29, 1.82) is 0 Å². The van der Waals surface area contributed by atoms with Gasteiger partial charge in [-0.3, -0.25) is 19.3 Å². The van der Waals surface area contributed by atoms with E-state index >= 15 is 0 Å². The van der Waals surface area contributed by atoms with E-state index in [1.807, 2.05) is 6.92 Å². The number of ether oxygens (including phenoxy) is 2. The van der Waals surface area contributed by atoms with Gasteiger partial charge in [-0.05, 0) is 67.1 Å². The Bertz CT molecular complexity index is 1300. The molecule has 204 valence electrons. The summed E-state index contributed by atoms with van der Waals surface area (Å²) in [6.45, 7) is 1.65. The van der Waals surface area contributed by atoms with Gasteiger partial charge in [-0.2, -0.15) is 0 Å². The molecule has 2 aromatic rings. The highest BCUT2D eigenvalue weighted by molar-refractivity contribution is 6.32. The van der Waals surface area contributed by atoms with E-state index in [1.54, 1.807) is 6.07 Å². The highest BCUT2D eigenvalue weighted by atomic mass is 35.5. The van der Waals surface area contributed by atoms with Gasteiger partial charge in [0.15, 0.2) is 6.61 Å². The number of halogens is 2. The van der Waals surface area contributed by atoms with E-state index in [2.05, 4.69) is 5.32 Å². The summed E-state index contributed by atoms with van der Waals surface area (Å²) in [7, 11) is 0. The maximum Gasteiger partial charge on any atom is 0.338 e. The molecule has 2 aliphatic carbocycles. The standard InChI is InChI=1S/C28H26Cl2N2O7/c1-2-10-38-27(36)14-6-8-16(9-7-14)31-20(33)13-39-28(37)15-4-3-5-17(11-15)32-25(34)21-18-12-19(22(21)26(32)35)24(30)23(18)29/h3-9,11,18-19,21-24H,2,10,12-13H2,1H3,(H,31,33)/t18-,19-,21-,22+,23-,24+/m1/s1. The van der Waals surface area contributed by atoms with Gasteiger partial charge in [0.25, 0.3) is 5.91 Å². The number of alkyl halides is 2. The van der Waals surface area contributed by atoms with Gasteiger partial charge >= 0.3 is 11.9 Å². The highest BCUT2D eigenvalue weighted by Crippen LogP contribution is 2.59. The van der Waals surface area contributed by atoms with Crippen molar-refractivity contribution in [2.45, 2.75) is 30.5 Å². The third-order valence-electron chi connectivity index (χ3n) is 7.50. The molecule has 3 fully saturated rings. The number of fused-ring (bicyclic) bond motifs is 5. The minimum absolute atomic E-state index is 0.0846. The predicted molar refractivity (Wildman–Crippen MR) is 143 cm³/mol. The topological polar surface area (TPSA) is 119 Å². The molecule has 1 N–H and O–H groups in total. The SMILES string of the molecule is CCCOC(=O)c1ccc(NC(=O)COC(=O)c2cccc(N3C(=O)[C@@H]4[C@H]5C[C@@H]([C@H](Cl)[C@@H]5Cl)[C@@H]4C3=O)c2)cc1. The first kappa shape index (κ1) is 27.1. The zero-order valence-electron chi connectivity index (χ0n) is 21.0. The van der Waals surface area contributed by atoms with Gasteiger partial charge in [-0.25, -0.2) is 9.59 Å². The number of amides is 3. The normalized spacial score (nSPS) is 26.9. The van der Waals surface area contributed by atoms with Crippen LogP contribution in [-0.4, -0.2) is 53.6 Å². The van der Waals surface area contributed by atoms with Crippen LogP contribution in [0.15, 0.2) is 48.5 Å². The molecular formula is C28H26Cl2N2O7. The maximum atomic E-state index is 13.2. The Morgan fingerprint density at radius 2 is 1.51 bits per heavy atom. The molecule has 3 aliphatic rings. The molecule has 3 amide bonds. The Labute approximate surface area is 234 Å². The third-order valence-corrected chi connectivity index (χ3v) is 8.82. The largest absolute Gasteiger partial charge is 0.462 e. The lowest BCUT2D eigenvalue weighted by atomic mass is 9.80. The summed E-state index contributed by atoms with van der Waals surface area (Å²) >= 11 is 12.8. The van der Waals surface area contributed by atoms with Gasteiger partial charge in [0, 0.05) is 5.69 Å². The van der Waals surface area contributed by atoms with Crippen molar-refractivity contribution < 1.29 is 33.4 Å². The van der Waals surface area contributed by atoms with Crippen molar-refractivity contribution in [1.82, 2.24) is 0 Å². The molecule has 2 aromatic carbocycles. The fraction of sp³-hybridized carbons (Fsp3) is 0.393. The lowest BCUT2D eigenvalue weighted by Crippen LogP contribution is -2.37. The zero-order chi connectivity index (χ0) is 27.8. The first-order valence-electron chi connectivity index (χ1n) is 12.7. The van der Waals surface area contributed by atoms with E-state index in [1.165, 1.54) is 42.5 Å². The van der Waals surface area contributed by atoms with Crippen LogP contribution in [0.25, 0.3) is 0 Å². The Kier molecular flexibility index (Phi) is 7.64. The van der Waals surface area contributed by atoms with Crippen LogP contribution >= 0.6 is 23.2 Å². The average Bonchev–Trinajstić information content (AvgIpc) is 3.55. The van der Waals surface area contributed by atoms with Crippen LogP contribution in [0.4, 0.5) is 11.4 Å². The molecule has 6 atom stereocenters. The number of esters is 2. The van der Waals surface area contributed by atoms with Crippen LogP contribution < -0.4 is 10.2 Å². The Morgan fingerprint density at radius 1 is 0.897 bits per heavy atom. The molecule has 0 radical (unpaired) electrons. The number of hydrogen-bond donors (Lipinski definition) is 1. The number of carbonyl (C=O) groups excluding carboxylic acids is 5. The molecule has 39 heavy (non-hydrogen) atoms. The molecule has 0 unspecified atom stereocenters. The van der Waals surface area contributed by atoms with Gasteiger partial charge in [-0.15, -0.1) is 23.2 Å². The van der Waals surface area contributed by atoms with E-state index in [4.69, 9.17) is 32.7 Å². The van der Waals surface area contributed by atoms with Crippen molar-refractivity contribution in [2.24, 2.45) is 23.7 Å². The van der Waals surface area contributed by atoms with Crippen molar-refractivity contribution >= 4 is 64.2 Å². The number of hydrogen-bond acceptors (Lipinski definition) is 7. The summed E-state index contributed by atoms with van der Waals surface area (Å²) in [4.78, 5) is 64.4. The first-order valence-corrected chi connectivity index (χ1v) is 13.6. The van der Waals surface area contributed by atoms with E-state index < -0.39 is 36.3 Å². The number of rotatable bonds is 8. The minimum atomic E-state index is -0.790. The van der Waals surface area contributed by atoms with E-state index in [9.17, 15) is 24.0 Å². The van der Waals surface area contributed by atoms with E-state index in [0.717, 1.165) is 4.90 Å². The summed E-state index contributed by atoms with van der Waals surface area (Å²) in [6.07, 6.45) is 1.37. The molecule has 9 nitrogen and oxygen atoms in total. The highest BCUT2D eigenvalue weighted by Gasteiger charge is 2.66. The summed E-state index contributed by atoms with van der Waals surface area (Å²) in [5, 5.41) is 1.86. The van der Waals surface area contributed by atoms with E-state index in [-0.39, 0.29) is 45.7 Å². The van der Waals surface area contributed by atoms with E-state index in [0.29, 0.717) is 30.7 Å². The summed E-state index contributed by atoms with van der Waals surface area (Å²) in [6, 6.07) is 12.1. The maximum absolute atomic E-state index is 13.2. The molecule has 1 aliphatic heterocycles. The van der Waals surface area contributed by atoms with Crippen LogP contribution in [0.5, 0.6) is 0 Å². The van der Waals surface area contributed by atoms with Crippen LogP contribution in [0, 0.1) is 23.7 Å². The lowest BCUT2D eigenvalue weighted by molar-refractivity contribution is -0.123. The molecule has 2 bridgehead atoms. The quantitative estimate of drug-likeness (QED) is 0.288. The zero-order valence-corrected chi connectivity index (χ0v) is 22.5.